The summed E-state index contributed by atoms with van der Waals surface area (Å²) in [5.74, 6) is 2.47. The lowest BCUT2D eigenvalue weighted by molar-refractivity contribution is 0.170. The van der Waals surface area contributed by atoms with Crippen molar-refractivity contribution in [1.29, 1.82) is 0 Å². The number of piperidine rings is 1. The van der Waals surface area contributed by atoms with Gasteiger partial charge in [0.2, 0.25) is 5.95 Å². The van der Waals surface area contributed by atoms with E-state index < -0.39 is 0 Å². The number of hydrogen-bond donors (Lipinski definition) is 0. The quantitative estimate of drug-likeness (QED) is 0.859. The summed E-state index contributed by atoms with van der Waals surface area (Å²) < 4.78 is 6.02. The van der Waals surface area contributed by atoms with Gasteiger partial charge in [0.05, 0.1) is 5.02 Å². The van der Waals surface area contributed by atoms with E-state index in [1.54, 1.807) is 0 Å². The van der Waals surface area contributed by atoms with Crippen molar-refractivity contribution in [2.24, 2.45) is 0 Å². The van der Waals surface area contributed by atoms with Gasteiger partial charge < -0.3 is 14.5 Å². The second-order valence-corrected chi connectivity index (χ2v) is 6.25. The summed E-state index contributed by atoms with van der Waals surface area (Å²) in [6.07, 6.45) is 3.86. The fourth-order valence-corrected chi connectivity index (χ4v) is 2.81. The minimum absolute atomic E-state index is 0.184. The van der Waals surface area contributed by atoms with Crippen molar-refractivity contribution in [3.63, 3.8) is 0 Å². The van der Waals surface area contributed by atoms with E-state index in [9.17, 15) is 0 Å². The van der Waals surface area contributed by atoms with Crippen LogP contribution >= 0.6 is 11.6 Å². The minimum atomic E-state index is 0.184. The standard InChI is InChI=1S/C17H21ClN4O/c1-21(2)16-7-10-19-17(20-16)22-11-8-13(9-12-22)23-15-6-4-3-5-14(15)18/h3-7,10,13H,8-9,11-12H2,1-2H3. The molecule has 1 aliphatic rings. The molecule has 0 aliphatic carbocycles. The normalized spacial score (nSPS) is 15.5. The van der Waals surface area contributed by atoms with E-state index in [2.05, 4.69) is 14.9 Å². The maximum absolute atomic E-state index is 6.16. The van der Waals surface area contributed by atoms with Crippen molar-refractivity contribution in [3.05, 3.63) is 41.6 Å². The van der Waals surface area contributed by atoms with Crippen LogP contribution in [0.2, 0.25) is 5.02 Å². The molecule has 0 atom stereocenters. The van der Waals surface area contributed by atoms with E-state index >= 15 is 0 Å². The molecule has 1 aliphatic heterocycles. The minimum Gasteiger partial charge on any atom is -0.489 e. The SMILES string of the molecule is CN(C)c1ccnc(N2CCC(Oc3ccccc3Cl)CC2)n1. The van der Waals surface area contributed by atoms with Gasteiger partial charge in [-0.25, -0.2) is 4.98 Å². The number of aromatic nitrogens is 2. The second-order valence-electron chi connectivity index (χ2n) is 5.84. The van der Waals surface area contributed by atoms with Crippen LogP contribution in [0.4, 0.5) is 11.8 Å². The monoisotopic (exact) mass is 332 g/mol. The number of anilines is 2. The highest BCUT2D eigenvalue weighted by molar-refractivity contribution is 6.32. The Bertz CT molecular complexity index is 657. The van der Waals surface area contributed by atoms with Crippen molar-refractivity contribution in [2.75, 3.05) is 37.0 Å². The molecule has 0 bridgehead atoms. The first kappa shape index (κ1) is 15.9. The lowest BCUT2D eigenvalue weighted by Gasteiger charge is -2.32. The number of rotatable bonds is 4. The summed E-state index contributed by atoms with van der Waals surface area (Å²) in [6, 6.07) is 9.53. The summed E-state index contributed by atoms with van der Waals surface area (Å²) >= 11 is 6.16. The van der Waals surface area contributed by atoms with E-state index in [1.165, 1.54) is 0 Å². The smallest absolute Gasteiger partial charge is 0.227 e. The molecular formula is C17H21ClN4O. The van der Waals surface area contributed by atoms with Crippen LogP contribution < -0.4 is 14.5 Å². The molecular weight excluding hydrogens is 312 g/mol. The molecule has 0 spiro atoms. The van der Waals surface area contributed by atoms with Gasteiger partial charge in [0, 0.05) is 46.2 Å². The lowest BCUT2D eigenvalue weighted by Crippen LogP contribution is -2.39. The zero-order chi connectivity index (χ0) is 16.2. The number of ether oxygens (including phenoxy) is 1. The molecule has 0 radical (unpaired) electrons. The molecule has 0 amide bonds. The Hall–Kier alpha value is -2.01. The lowest BCUT2D eigenvalue weighted by atomic mass is 10.1. The Labute approximate surface area is 141 Å². The van der Waals surface area contributed by atoms with E-state index in [0.717, 1.165) is 43.4 Å². The third-order valence-electron chi connectivity index (χ3n) is 3.94. The van der Waals surface area contributed by atoms with Gasteiger partial charge in [0.25, 0.3) is 0 Å². The van der Waals surface area contributed by atoms with Gasteiger partial charge in [-0.15, -0.1) is 0 Å². The zero-order valence-corrected chi connectivity index (χ0v) is 14.2. The molecule has 23 heavy (non-hydrogen) atoms. The molecule has 122 valence electrons. The van der Waals surface area contributed by atoms with Crippen LogP contribution in [-0.4, -0.2) is 43.3 Å². The van der Waals surface area contributed by atoms with Gasteiger partial charge in [-0.1, -0.05) is 23.7 Å². The summed E-state index contributed by atoms with van der Waals surface area (Å²) in [4.78, 5) is 13.2. The van der Waals surface area contributed by atoms with E-state index in [-0.39, 0.29) is 6.10 Å². The molecule has 1 saturated heterocycles. The van der Waals surface area contributed by atoms with Crippen LogP contribution in [0, 0.1) is 0 Å². The number of nitrogens with zero attached hydrogens (tertiary/aromatic N) is 4. The molecule has 1 aromatic heterocycles. The zero-order valence-electron chi connectivity index (χ0n) is 13.4. The molecule has 5 nitrogen and oxygen atoms in total. The van der Waals surface area contributed by atoms with Crippen LogP contribution in [0.3, 0.4) is 0 Å². The van der Waals surface area contributed by atoms with Gasteiger partial charge >= 0.3 is 0 Å². The third kappa shape index (κ3) is 3.85. The molecule has 2 heterocycles. The average molecular weight is 333 g/mol. The predicted molar refractivity (Wildman–Crippen MR) is 93.7 cm³/mol. The van der Waals surface area contributed by atoms with E-state index in [0.29, 0.717) is 5.02 Å². The van der Waals surface area contributed by atoms with Crippen molar-refractivity contribution in [2.45, 2.75) is 18.9 Å². The summed E-state index contributed by atoms with van der Waals surface area (Å²) in [5, 5.41) is 0.664. The van der Waals surface area contributed by atoms with Gasteiger partial charge in [-0.3, -0.25) is 0 Å². The maximum Gasteiger partial charge on any atom is 0.227 e. The summed E-state index contributed by atoms with van der Waals surface area (Å²) in [7, 11) is 3.96. The molecule has 2 aromatic rings. The first-order chi connectivity index (χ1) is 11.1. The van der Waals surface area contributed by atoms with Gasteiger partial charge in [-0.05, 0) is 18.2 Å². The molecule has 0 unspecified atom stereocenters. The number of halogens is 1. The van der Waals surface area contributed by atoms with E-state index in [1.807, 2.05) is 55.5 Å². The van der Waals surface area contributed by atoms with Gasteiger partial charge in [-0.2, -0.15) is 4.98 Å². The van der Waals surface area contributed by atoms with Crippen molar-refractivity contribution in [3.8, 4) is 5.75 Å². The largest absolute Gasteiger partial charge is 0.489 e. The van der Waals surface area contributed by atoms with Crippen molar-refractivity contribution in [1.82, 2.24) is 9.97 Å². The molecule has 1 aromatic carbocycles. The highest BCUT2D eigenvalue weighted by Gasteiger charge is 2.23. The Morgan fingerprint density at radius 3 is 2.61 bits per heavy atom. The Morgan fingerprint density at radius 1 is 1.17 bits per heavy atom. The fourth-order valence-electron chi connectivity index (χ4n) is 2.63. The third-order valence-corrected chi connectivity index (χ3v) is 4.25. The number of hydrogen-bond acceptors (Lipinski definition) is 5. The molecule has 0 N–H and O–H groups in total. The van der Waals surface area contributed by atoms with Crippen LogP contribution in [0.25, 0.3) is 0 Å². The first-order valence-corrected chi connectivity index (χ1v) is 8.18. The van der Waals surface area contributed by atoms with Crippen LogP contribution in [0.15, 0.2) is 36.5 Å². The van der Waals surface area contributed by atoms with Crippen LogP contribution in [-0.2, 0) is 0 Å². The highest BCUT2D eigenvalue weighted by atomic mass is 35.5. The van der Waals surface area contributed by atoms with Crippen molar-refractivity contribution >= 4 is 23.4 Å². The summed E-state index contributed by atoms with van der Waals surface area (Å²) in [6.45, 7) is 1.76. The average Bonchev–Trinajstić information content (AvgIpc) is 2.58. The number of para-hydroxylation sites is 1. The second kappa shape index (κ2) is 7.04. The summed E-state index contributed by atoms with van der Waals surface area (Å²) in [5.41, 5.74) is 0. The maximum atomic E-state index is 6.16. The molecule has 6 heteroatoms. The highest BCUT2D eigenvalue weighted by Crippen LogP contribution is 2.27. The van der Waals surface area contributed by atoms with Crippen LogP contribution in [0.1, 0.15) is 12.8 Å². The number of benzene rings is 1. The first-order valence-electron chi connectivity index (χ1n) is 7.80. The van der Waals surface area contributed by atoms with Crippen molar-refractivity contribution < 1.29 is 4.74 Å². The topological polar surface area (TPSA) is 41.5 Å². The Kier molecular flexibility index (Phi) is 4.86. The Morgan fingerprint density at radius 2 is 1.91 bits per heavy atom. The fraction of sp³-hybridized carbons (Fsp3) is 0.412. The van der Waals surface area contributed by atoms with Gasteiger partial charge in [0.15, 0.2) is 0 Å². The van der Waals surface area contributed by atoms with E-state index in [4.69, 9.17) is 16.3 Å². The van der Waals surface area contributed by atoms with Gasteiger partial charge in [0.1, 0.15) is 17.7 Å². The molecule has 1 fully saturated rings. The molecule has 0 saturated carbocycles. The Balaban J connectivity index is 1.60. The van der Waals surface area contributed by atoms with Crippen LogP contribution in [0.5, 0.6) is 5.75 Å². The molecule has 3 rings (SSSR count). The predicted octanol–water partition coefficient (Wildman–Crippen LogP) is 3.24.